The van der Waals surface area contributed by atoms with E-state index in [4.69, 9.17) is 9.72 Å². The molecule has 3 aromatic rings. The Hall–Kier alpha value is -2.67. The maximum Gasteiger partial charge on any atom is 0.262 e. The minimum atomic E-state index is -0.0689. The van der Waals surface area contributed by atoms with Crippen molar-refractivity contribution in [3.05, 3.63) is 52.2 Å². The molecule has 32 heavy (non-hydrogen) atoms. The third kappa shape index (κ3) is 4.18. The van der Waals surface area contributed by atoms with Crippen LogP contribution in [0, 0.1) is 5.92 Å². The number of nitrogens with one attached hydrogen (secondary N) is 1. The van der Waals surface area contributed by atoms with E-state index in [1.807, 2.05) is 30.7 Å². The Kier molecular flexibility index (Phi) is 5.76. The summed E-state index contributed by atoms with van der Waals surface area (Å²) in [5.41, 5.74) is 1.95. The molecule has 1 saturated carbocycles. The van der Waals surface area contributed by atoms with Crippen molar-refractivity contribution in [3.63, 3.8) is 0 Å². The summed E-state index contributed by atoms with van der Waals surface area (Å²) >= 11 is 0. The van der Waals surface area contributed by atoms with Crippen LogP contribution in [0.4, 0.5) is 0 Å². The maximum absolute atomic E-state index is 12.8. The van der Waals surface area contributed by atoms with Gasteiger partial charge in [0.25, 0.3) is 5.56 Å². The summed E-state index contributed by atoms with van der Waals surface area (Å²) in [6, 6.07) is 8.74. The fourth-order valence-corrected chi connectivity index (χ4v) is 5.30. The van der Waals surface area contributed by atoms with Crippen molar-refractivity contribution in [2.24, 2.45) is 5.92 Å². The van der Waals surface area contributed by atoms with Crippen LogP contribution in [0.2, 0.25) is 0 Å². The summed E-state index contributed by atoms with van der Waals surface area (Å²) in [6.07, 6.45) is 6.55. The number of hydrogen-bond acceptors (Lipinski definition) is 5. The molecule has 2 aliphatic rings. The number of H-pyrrole nitrogens is 1. The van der Waals surface area contributed by atoms with Crippen molar-refractivity contribution >= 4 is 11.0 Å². The average molecular weight is 436 g/mol. The third-order valence-electron chi connectivity index (χ3n) is 6.89. The van der Waals surface area contributed by atoms with Gasteiger partial charge in [-0.1, -0.05) is 31.9 Å². The number of aromatic amines is 1. The van der Waals surface area contributed by atoms with E-state index in [0.717, 1.165) is 49.7 Å². The highest BCUT2D eigenvalue weighted by atomic mass is 16.5. The molecular formula is C25H33N5O2. The van der Waals surface area contributed by atoms with Crippen molar-refractivity contribution in [3.8, 4) is 5.75 Å². The molecule has 1 saturated heterocycles. The van der Waals surface area contributed by atoms with Crippen LogP contribution < -0.4 is 10.3 Å². The van der Waals surface area contributed by atoms with Gasteiger partial charge in [-0.15, -0.1) is 0 Å². The van der Waals surface area contributed by atoms with Gasteiger partial charge in [-0.05, 0) is 50.3 Å². The number of benzene rings is 1. The Morgan fingerprint density at radius 1 is 1.16 bits per heavy atom. The highest BCUT2D eigenvalue weighted by molar-refractivity contribution is 5.73. The lowest BCUT2D eigenvalue weighted by atomic mass is 9.97. The van der Waals surface area contributed by atoms with E-state index in [-0.39, 0.29) is 17.6 Å². The van der Waals surface area contributed by atoms with E-state index < -0.39 is 0 Å². The number of nitrogens with zero attached hydrogens (tertiary/aromatic N) is 4. The summed E-state index contributed by atoms with van der Waals surface area (Å²) in [4.78, 5) is 23.3. The Morgan fingerprint density at radius 2 is 1.91 bits per heavy atom. The van der Waals surface area contributed by atoms with Crippen molar-refractivity contribution in [1.82, 2.24) is 24.6 Å². The standard InChI is InChI=1S/C25H33N5O2/c1-16(2)32-20-10-8-18(9-11-20)14-29-13-17(3)22(15-29)23-27-24-21(25(31)28-23)12-26-30(24)19-6-4-5-7-19/h8-12,16-17,19,22H,4-7,13-15H2,1-3H3,(H,27,28,31)/t17-,22-/m1/s1. The lowest BCUT2D eigenvalue weighted by Gasteiger charge is -2.17. The largest absolute Gasteiger partial charge is 0.491 e. The van der Waals surface area contributed by atoms with Gasteiger partial charge in [0.05, 0.1) is 18.3 Å². The van der Waals surface area contributed by atoms with Crippen LogP contribution in [0.1, 0.15) is 69.8 Å². The van der Waals surface area contributed by atoms with Crippen LogP contribution in [0.15, 0.2) is 35.3 Å². The topological polar surface area (TPSA) is 76.0 Å². The van der Waals surface area contributed by atoms with Gasteiger partial charge in [0.2, 0.25) is 0 Å². The highest BCUT2D eigenvalue weighted by Gasteiger charge is 2.33. The van der Waals surface area contributed by atoms with Crippen LogP contribution in [0.3, 0.4) is 0 Å². The van der Waals surface area contributed by atoms with Crippen LogP contribution in [-0.4, -0.2) is 43.8 Å². The molecule has 2 atom stereocenters. The average Bonchev–Trinajstić information content (AvgIpc) is 3.48. The summed E-state index contributed by atoms with van der Waals surface area (Å²) < 4.78 is 7.75. The van der Waals surface area contributed by atoms with Crippen LogP contribution in [0.5, 0.6) is 5.75 Å². The molecule has 1 aliphatic heterocycles. The SMILES string of the molecule is CC(C)Oc1ccc(CN2C[C@@H](C)[C@H](c3nc4c(cnn4C4CCCC4)c(=O)[nH]3)C2)cc1. The van der Waals surface area contributed by atoms with Gasteiger partial charge in [0, 0.05) is 25.6 Å². The van der Waals surface area contributed by atoms with Crippen molar-refractivity contribution in [2.45, 2.75) is 71.1 Å². The van der Waals surface area contributed by atoms with Crippen LogP contribution >= 0.6 is 0 Å². The molecule has 0 radical (unpaired) electrons. The molecule has 0 unspecified atom stereocenters. The number of ether oxygens (including phenoxy) is 1. The van der Waals surface area contributed by atoms with Gasteiger partial charge in [-0.25, -0.2) is 9.67 Å². The molecule has 7 heteroatoms. The molecule has 1 aliphatic carbocycles. The molecule has 0 bridgehead atoms. The normalized spacial score (nSPS) is 22.4. The number of rotatable bonds is 6. The van der Waals surface area contributed by atoms with Gasteiger partial charge in [-0.3, -0.25) is 9.69 Å². The zero-order valence-corrected chi connectivity index (χ0v) is 19.3. The molecule has 170 valence electrons. The first-order valence-electron chi connectivity index (χ1n) is 11.9. The third-order valence-corrected chi connectivity index (χ3v) is 6.89. The predicted octanol–water partition coefficient (Wildman–Crippen LogP) is 4.26. The Balaban J connectivity index is 1.34. The first-order chi connectivity index (χ1) is 15.5. The van der Waals surface area contributed by atoms with Gasteiger partial charge < -0.3 is 9.72 Å². The second-order valence-electron chi connectivity index (χ2n) is 9.80. The van der Waals surface area contributed by atoms with E-state index >= 15 is 0 Å². The minimum absolute atomic E-state index is 0.0689. The van der Waals surface area contributed by atoms with E-state index in [1.54, 1.807) is 6.20 Å². The number of aromatic nitrogens is 4. The fourth-order valence-electron chi connectivity index (χ4n) is 5.30. The van der Waals surface area contributed by atoms with E-state index in [9.17, 15) is 4.79 Å². The Bertz CT molecular complexity index is 1130. The molecular weight excluding hydrogens is 402 g/mol. The molecule has 0 amide bonds. The first kappa shape index (κ1) is 21.2. The van der Waals surface area contributed by atoms with E-state index in [2.05, 4.69) is 34.0 Å². The Morgan fingerprint density at radius 3 is 2.62 bits per heavy atom. The van der Waals surface area contributed by atoms with Gasteiger partial charge in [0.15, 0.2) is 5.65 Å². The van der Waals surface area contributed by atoms with Crippen LogP contribution in [-0.2, 0) is 6.54 Å². The van der Waals surface area contributed by atoms with Crippen LogP contribution in [0.25, 0.3) is 11.0 Å². The molecule has 2 fully saturated rings. The number of likely N-dealkylation sites (tertiary alicyclic amines) is 1. The fraction of sp³-hybridized carbons (Fsp3) is 0.560. The summed E-state index contributed by atoms with van der Waals surface area (Å²) in [5, 5.41) is 5.14. The molecule has 2 aromatic heterocycles. The second-order valence-corrected chi connectivity index (χ2v) is 9.80. The molecule has 5 rings (SSSR count). The smallest absolute Gasteiger partial charge is 0.262 e. The lowest BCUT2D eigenvalue weighted by Crippen LogP contribution is -2.21. The zero-order valence-electron chi connectivity index (χ0n) is 19.3. The van der Waals surface area contributed by atoms with E-state index in [1.165, 1.54) is 18.4 Å². The molecule has 7 nitrogen and oxygen atoms in total. The maximum atomic E-state index is 12.8. The van der Waals surface area contributed by atoms with Gasteiger partial charge in [-0.2, -0.15) is 5.10 Å². The predicted molar refractivity (Wildman–Crippen MR) is 125 cm³/mol. The molecule has 1 N–H and O–H groups in total. The molecule has 3 heterocycles. The summed E-state index contributed by atoms with van der Waals surface area (Å²) in [6.45, 7) is 9.08. The highest BCUT2D eigenvalue weighted by Crippen LogP contribution is 2.33. The zero-order chi connectivity index (χ0) is 22.2. The molecule has 0 spiro atoms. The minimum Gasteiger partial charge on any atom is -0.491 e. The van der Waals surface area contributed by atoms with Crippen molar-refractivity contribution in [1.29, 1.82) is 0 Å². The van der Waals surface area contributed by atoms with Crippen molar-refractivity contribution in [2.75, 3.05) is 13.1 Å². The van der Waals surface area contributed by atoms with Gasteiger partial charge >= 0.3 is 0 Å². The quantitative estimate of drug-likeness (QED) is 0.626. The van der Waals surface area contributed by atoms with E-state index in [0.29, 0.717) is 17.3 Å². The van der Waals surface area contributed by atoms with Crippen molar-refractivity contribution < 1.29 is 4.74 Å². The summed E-state index contributed by atoms with van der Waals surface area (Å²) in [5.74, 6) is 2.34. The lowest BCUT2D eigenvalue weighted by molar-refractivity contribution is 0.242. The Labute approximate surface area is 188 Å². The first-order valence-corrected chi connectivity index (χ1v) is 11.9. The number of hydrogen-bond donors (Lipinski definition) is 1. The van der Waals surface area contributed by atoms with Gasteiger partial charge in [0.1, 0.15) is 17.0 Å². The summed E-state index contributed by atoms with van der Waals surface area (Å²) in [7, 11) is 0. The number of fused-ring (bicyclic) bond motifs is 1. The monoisotopic (exact) mass is 435 g/mol. The molecule has 1 aromatic carbocycles. The second kappa shape index (κ2) is 8.70.